The van der Waals surface area contributed by atoms with E-state index in [0.29, 0.717) is 36.4 Å². The highest BCUT2D eigenvalue weighted by atomic mass is 32.2. The number of hydrogen-bond acceptors (Lipinski definition) is 6. The van der Waals surface area contributed by atoms with Gasteiger partial charge in [-0.15, -0.1) is 0 Å². The fourth-order valence-electron chi connectivity index (χ4n) is 3.18. The minimum absolute atomic E-state index is 0.00661. The SMILES string of the molecule is CCOc1ccc(NS(=O)(=O)c2cccc(C(=O)NCc3ccc(OCC4CC4)nc3)c2)cc1. The first-order chi connectivity index (χ1) is 16.4. The zero-order chi connectivity index (χ0) is 24.0. The molecule has 3 aromatic rings. The van der Waals surface area contributed by atoms with Crippen LogP contribution in [-0.2, 0) is 16.6 Å². The topological polar surface area (TPSA) is 107 Å². The lowest BCUT2D eigenvalue weighted by Gasteiger charge is -2.11. The molecule has 0 radical (unpaired) electrons. The third-order valence-corrected chi connectivity index (χ3v) is 6.62. The third-order valence-electron chi connectivity index (χ3n) is 5.24. The van der Waals surface area contributed by atoms with Crippen molar-refractivity contribution in [3.63, 3.8) is 0 Å². The van der Waals surface area contributed by atoms with Gasteiger partial charge in [0.25, 0.3) is 15.9 Å². The minimum atomic E-state index is -3.87. The lowest BCUT2D eigenvalue weighted by Crippen LogP contribution is -2.23. The summed E-state index contributed by atoms with van der Waals surface area (Å²) in [6.45, 7) is 3.35. The molecule has 1 aliphatic carbocycles. The van der Waals surface area contributed by atoms with Gasteiger partial charge in [-0.2, -0.15) is 0 Å². The van der Waals surface area contributed by atoms with Crippen molar-refractivity contribution in [2.75, 3.05) is 17.9 Å². The molecule has 0 spiro atoms. The van der Waals surface area contributed by atoms with Crippen LogP contribution in [0, 0.1) is 5.92 Å². The minimum Gasteiger partial charge on any atom is -0.494 e. The van der Waals surface area contributed by atoms with Gasteiger partial charge in [-0.25, -0.2) is 13.4 Å². The average molecular weight is 482 g/mol. The van der Waals surface area contributed by atoms with Crippen LogP contribution >= 0.6 is 0 Å². The van der Waals surface area contributed by atoms with E-state index >= 15 is 0 Å². The highest BCUT2D eigenvalue weighted by molar-refractivity contribution is 7.92. The van der Waals surface area contributed by atoms with Crippen LogP contribution in [0.25, 0.3) is 0 Å². The summed E-state index contributed by atoms with van der Waals surface area (Å²) < 4.78 is 39.1. The van der Waals surface area contributed by atoms with Gasteiger partial charge < -0.3 is 14.8 Å². The van der Waals surface area contributed by atoms with E-state index in [1.165, 1.54) is 31.0 Å². The van der Waals surface area contributed by atoms with Gasteiger partial charge in [0.2, 0.25) is 5.88 Å². The number of anilines is 1. The largest absolute Gasteiger partial charge is 0.494 e. The summed E-state index contributed by atoms with van der Waals surface area (Å²) in [5.74, 6) is 1.49. The molecule has 34 heavy (non-hydrogen) atoms. The van der Waals surface area contributed by atoms with Crippen LogP contribution in [-0.4, -0.2) is 32.5 Å². The molecule has 8 nitrogen and oxygen atoms in total. The summed E-state index contributed by atoms with van der Waals surface area (Å²) in [7, 11) is -3.87. The molecule has 0 atom stereocenters. The Balaban J connectivity index is 1.35. The number of benzene rings is 2. The summed E-state index contributed by atoms with van der Waals surface area (Å²) in [6, 6.07) is 16.1. The fraction of sp³-hybridized carbons (Fsp3) is 0.280. The van der Waals surface area contributed by atoms with Crippen molar-refractivity contribution >= 4 is 21.6 Å². The fourth-order valence-corrected chi connectivity index (χ4v) is 4.28. The normalized spacial score (nSPS) is 13.2. The number of carbonyl (C=O) groups is 1. The van der Waals surface area contributed by atoms with Gasteiger partial charge in [0, 0.05) is 30.1 Å². The van der Waals surface area contributed by atoms with Crippen molar-refractivity contribution in [1.29, 1.82) is 0 Å². The average Bonchev–Trinajstić information content (AvgIpc) is 3.68. The van der Waals surface area contributed by atoms with Crippen LogP contribution in [0.1, 0.15) is 35.7 Å². The molecule has 1 aliphatic rings. The maximum Gasteiger partial charge on any atom is 0.261 e. The van der Waals surface area contributed by atoms with Gasteiger partial charge >= 0.3 is 0 Å². The van der Waals surface area contributed by atoms with Gasteiger partial charge in [-0.3, -0.25) is 9.52 Å². The predicted octanol–water partition coefficient (Wildman–Crippen LogP) is 4.00. The monoisotopic (exact) mass is 481 g/mol. The van der Waals surface area contributed by atoms with E-state index in [1.807, 2.05) is 13.0 Å². The Bertz CT molecular complexity index is 1220. The van der Waals surface area contributed by atoms with E-state index in [1.54, 1.807) is 42.6 Å². The quantitative estimate of drug-likeness (QED) is 0.429. The van der Waals surface area contributed by atoms with Crippen molar-refractivity contribution < 1.29 is 22.7 Å². The van der Waals surface area contributed by atoms with E-state index in [-0.39, 0.29) is 22.9 Å². The second-order valence-corrected chi connectivity index (χ2v) is 9.71. The number of nitrogens with one attached hydrogen (secondary N) is 2. The first-order valence-electron chi connectivity index (χ1n) is 11.1. The van der Waals surface area contributed by atoms with Gasteiger partial charge in [0.1, 0.15) is 5.75 Å². The van der Waals surface area contributed by atoms with Gasteiger partial charge in [0.15, 0.2) is 0 Å². The number of carbonyl (C=O) groups excluding carboxylic acids is 1. The van der Waals surface area contributed by atoms with Gasteiger partial charge in [-0.05, 0) is 73.7 Å². The zero-order valence-corrected chi connectivity index (χ0v) is 19.7. The van der Waals surface area contributed by atoms with Crippen LogP contribution in [0.4, 0.5) is 5.69 Å². The van der Waals surface area contributed by atoms with Crippen molar-refractivity contribution in [1.82, 2.24) is 10.3 Å². The van der Waals surface area contributed by atoms with Crippen LogP contribution < -0.4 is 19.5 Å². The maximum atomic E-state index is 12.8. The lowest BCUT2D eigenvalue weighted by molar-refractivity contribution is 0.0950. The van der Waals surface area contributed by atoms with Crippen LogP contribution in [0.5, 0.6) is 11.6 Å². The van der Waals surface area contributed by atoms with Crippen molar-refractivity contribution in [2.45, 2.75) is 31.2 Å². The Morgan fingerprint density at radius 3 is 2.53 bits per heavy atom. The predicted molar refractivity (Wildman–Crippen MR) is 128 cm³/mol. The van der Waals surface area contributed by atoms with Crippen LogP contribution in [0.15, 0.2) is 71.8 Å². The molecule has 0 aliphatic heterocycles. The number of sulfonamides is 1. The maximum absolute atomic E-state index is 12.8. The lowest BCUT2D eigenvalue weighted by atomic mass is 10.2. The Morgan fingerprint density at radius 2 is 1.85 bits per heavy atom. The molecule has 178 valence electrons. The van der Waals surface area contributed by atoms with Crippen molar-refractivity contribution in [3.8, 4) is 11.6 Å². The Morgan fingerprint density at radius 1 is 1.06 bits per heavy atom. The molecule has 2 aromatic carbocycles. The molecule has 1 amide bonds. The summed E-state index contributed by atoms with van der Waals surface area (Å²) in [6.07, 6.45) is 4.08. The number of amides is 1. The van der Waals surface area contributed by atoms with Crippen molar-refractivity contribution in [3.05, 3.63) is 78.0 Å². The highest BCUT2D eigenvalue weighted by Crippen LogP contribution is 2.29. The molecular weight excluding hydrogens is 454 g/mol. The number of aromatic nitrogens is 1. The molecule has 0 bridgehead atoms. The Labute approximate surface area is 199 Å². The van der Waals surface area contributed by atoms with Crippen molar-refractivity contribution in [2.24, 2.45) is 5.92 Å². The van der Waals surface area contributed by atoms with Gasteiger partial charge in [0.05, 0.1) is 18.1 Å². The summed E-state index contributed by atoms with van der Waals surface area (Å²) in [5.41, 5.74) is 1.45. The molecule has 1 heterocycles. The third kappa shape index (κ3) is 6.48. The summed E-state index contributed by atoms with van der Waals surface area (Å²) in [5, 5.41) is 2.79. The molecule has 0 saturated heterocycles. The van der Waals surface area contributed by atoms with E-state index in [9.17, 15) is 13.2 Å². The van der Waals surface area contributed by atoms with E-state index in [2.05, 4.69) is 15.0 Å². The summed E-state index contributed by atoms with van der Waals surface area (Å²) in [4.78, 5) is 16.9. The molecule has 1 fully saturated rings. The number of hydrogen-bond donors (Lipinski definition) is 2. The smallest absolute Gasteiger partial charge is 0.261 e. The summed E-state index contributed by atoms with van der Waals surface area (Å²) >= 11 is 0. The molecule has 1 saturated carbocycles. The highest BCUT2D eigenvalue weighted by Gasteiger charge is 2.22. The van der Waals surface area contributed by atoms with Gasteiger partial charge in [-0.1, -0.05) is 12.1 Å². The molecule has 4 rings (SSSR count). The number of ether oxygens (including phenoxy) is 2. The molecule has 1 aromatic heterocycles. The van der Waals surface area contributed by atoms with E-state index in [0.717, 1.165) is 5.56 Å². The van der Waals surface area contributed by atoms with Crippen LogP contribution in [0.2, 0.25) is 0 Å². The number of rotatable bonds is 11. The molecule has 2 N–H and O–H groups in total. The Kier molecular flexibility index (Phi) is 7.32. The first kappa shape index (κ1) is 23.6. The molecule has 9 heteroatoms. The second-order valence-electron chi connectivity index (χ2n) is 8.03. The zero-order valence-electron chi connectivity index (χ0n) is 18.9. The Hall–Kier alpha value is -3.59. The standard InChI is InChI=1S/C25H27N3O5S/c1-2-32-22-11-9-21(10-12-22)28-34(30,31)23-5-3-4-20(14-23)25(29)27-16-19-8-13-24(26-15-19)33-17-18-6-7-18/h3-5,8-15,18,28H,2,6-7,16-17H2,1H3,(H,27,29). The number of pyridine rings is 1. The first-order valence-corrected chi connectivity index (χ1v) is 12.6. The van der Waals surface area contributed by atoms with E-state index < -0.39 is 10.0 Å². The number of nitrogens with zero attached hydrogens (tertiary/aromatic N) is 1. The molecular formula is C25H27N3O5S. The van der Waals surface area contributed by atoms with Crippen LogP contribution in [0.3, 0.4) is 0 Å². The van der Waals surface area contributed by atoms with E-state index in [4.69, 9.17) is 9.47 Å². The second kappa shape index (κ2) is 10.6. The molecule has 0 unspecified atom stereocenters.